The molecule has 3 rings (SSSR count). The molecule has 0 radical (unpaired) electrons. The largest absolute Gasteiger partial charge is 0.351 e. The molecule has 154 valence electrons. The molecule has 1 aliphatic rings. The van der Waals surface area contributed by atoms with E-state index in [1.807, 2.05) is 42.5 Å². The van der Waals surface area contributed by atoms with Crippen molar-refractivity contribution in [3.63, 3.8) is 0 Å². The van der Waals surface area contributed by atoms with Crippen LogP contribution in [-0.4, -0.2) is 42.7 Å². The second-order valence-corrected chi connectivity index (χ2v) is 8.11. The number of benzene rings is 2. The van der Waals surface area contributed by atoms with Gasteiger partial charge >= 0.3 is 0 Å². The van der Waals surface area contributed by atoms with Crippen molar-refractivity contribution in [1.82, 2.24) is 15.6 Å². The number of amides is 1. The van der Waals surface area contributed by atoms with Crippen LogP contribution >= 0.6 is 15.9 Å². The van der Waals surface area contributed by atoms with E-state index in [1.165, 1.54) is 5.56 Å². The molecule has 1 fully saturated rings. The minimum Gasteiger partial charge on any atom is -0.351 e. The molecular formula is C22H28BrN5O. The van der Waals surface area contributed by atoms with Gasteiger partial charge in [0.15, 0.2) is 0 Å². The highest BCUT2D eigenvalue weighted by Gasteiger charge is 2.31. The van der Waals surface area contributed by atoms with E-state index in [9.17, 15) is 4.79 Å². The Morgan fingerprint density at radius 2 is 1.90 bits per heavy atom. The zero-order chi connectivity index (χ0) is 20.5. The van der Waals surface area contributed by atoms with Crippen LogP contribution in [0.25, 0.3) is 0 Å². The molecule has 0 spiro atoms. The van der Waals surface area contributed by atoms with Crippen molar-refractivity contribution in [2.45, 2.75) is 19.5 Å². The Balaban J connectivity index is 1.65. The summed E-state index contributed by atoms with van der Waals surface area (Å²) in [4.78, 5) is 20.0. The van der Waals surface area contributed by atoms with E-state index in [0.29, 0.717) is 26.2 Å². The molecule has 0 bridgehead atoms. The van der Waals surface area contributed by atoms with E-state index < -0.39 is 0 Å². The Bertz CT molecular complexity index is 810. The second-order valence-electron chi connectivity index (χ2n) is 7.19. The number of piperidine rings is 1. The highest BCUT2D eigenvalue weighted by molar-refractivity contribution is 9.10. The zero-order valence-corrected chi connectivity index (χ0v) is 18.1. The maximum Gasteiger partial charge on any atom is 0.230 e. The fourth-order valence-corrected chi connectivity index (χ4v) is 3.75. The number of halogens is 1. The monoisotopic (exact) mass is 457 g/mol. The summed E-state index contributed by atoms with van der Waals surface area (Å²) < 4.78 is 1.03. The third-order valence-corrected chi connectivity index (χ3v) is 5.57. The lowest BCUT2D eigenvalue weighted by atomic mass is 9.93. The van der Waals surface area contributed by atoms with Gasteiger partial charge in [-0.3, -0.25) is 26.0 Å². The van der Waals surface area contributed by atoms with Crippen LogP contribution in [0.1, 0.15) is 17.5 Å². The summed E-state index contributed by atoms with van der Waals surface area (Å²) in [6, 6.07) is 18.4. The SMILES string of the molecule is NNCCN=C1CCN(Cc2ccccc2)CC1C(=O)NCc1ccc(Br)cc1. The maximum atomic E-state index is 13.0. The Morgan fingerprint density at radius 1 is 1.14 bits per heavy atom. The molecule has 2 aromatic rings. The predicted molar refractivity (Wildman–Crippen MR) is 120 cm³/mol. The molecule has 4 N–H and O–H groups in total. The zero-order valence-electron chi connectivity index (χ0n) is 16.5. The number of carbonyl (C=O) groups excluding carboxylic acids is 1. The van der Waals surface area contributed by atoms with Gasteiger partial charge in [-0.15, -0.1) is 0 Å². The normalized spacial score (nSPS) is 18.7. The molecular weight excluding hydrogens is 430 g/mol. The van der Waals surface area contributed by atoms with Gasteiger partial charge in [0.2, 0.25) is 5.91 Å². The number of hydrogen-bond acceptors (Lipinski definition) is 5. The van der Waals surface area contributed by atoms with E-state index in [2.05, 4.69) is 48.7 Å². The van der Waals surface area contributed by atoms with Crippen LogP contribution in [0.2, 0.25) is 0 Å². The van der Waals surface area contributed by atoms with Crippen molar-refractivity contribution in [3.05, 3.63) is 70.2 Å². The van der Waals surface area contributed by atoms with Gasteiger partial charge in [0, 0.05) is 42.9 Å². The summed E-state index contributed by atoms with van der Waals surface area (Å²) in [6.45, 7) is 4.12. The fraction of sp³-hybridized carbons (Fsp3) is 0.364. The Kier molecular flexibility index (Phi) is 8.37. The number of nitrogens with zero attached hydrogens (tertiary/aromatic N) is 2. The molecule has 1 unspecified atom stereocenters. The van der Waals surface area contributed by atoms with E-state index in [-0.39, 0.29) is 11.8 Å². The quantitative estimate of drug-likeness (QED) is 0.323. The second kappa shape index (κ2) is 11.2. The van der Waals surface area contributed by atoms with Crippen molar-refractivity contribution >= 4 is 27.5 Å². The van der Waals surface area contributed by atoms with Crippen LogP contribution in [0.4, 0.5) is 0 Å². The van der Waals surface area contributed by atoms with Crippen molar-refractivity contribution in [1.29, 1.82) is 0 Å². The first kappa shape index (κ1) is 21.6. The summed E-state index contributed by atoms with van der Waals surface area (Å²) in [5.74, 6) is 5.16. The smallest absolute Gasteiger partial charge is 0.230 e. The molecule has 1 aliphatic heterocycles. The van der Waals surface area contributed by atoms with Gasteiger partial charge < -0.3 is 5.32 Å². The highest BCUT2D eigenvalue weighted by atomic mass is 79.9. The van der Waals surface area contributed by atoms with Crippen LogP contribution < -0.4 is 16.6 Å². The standard InChI is InChI=1S/C22H28BrN5O/c23-19-8-6-17(7-9-19)14-26-22(29)20-16-28(15-18-4-2-1-3-5-18)13-10-21(20)25-11-12-27-24/h1-9,20,27H,10-16,24H2,(H,26,29). The van der Waals surface area contributed by atoms with E-state index in [0.717, 1.165) is 35.3 Å². The van der Waals surface area contributed by atoms with Crippen molar-refractivity contribution in [2.75, 3.05) is 26.2 Å². The van der Waals surface area contributed by atoms with E-state index in [1.54, 1.807) is 0 Å². The molecule has 1 saturated heterocycles. The maximum absolute atomic E-state index is 13.0. The van der Waals surface area contributed by atoms with Crippen LogP contribution in [-0.2, 0) is 17.9 Å². The molecule has 6 nitrogen and oxygen atoms in total. The van der Waals surface area contributed by atoms with Gasteiger partial charge in [0.25, 0.3) is 0 Å². The van der Waals surface area contributed by atoms with E-state index >= 15 is 0 Å². The molecule has 1 atom stereocenters. The van der Waals surface area contributed by atoms with Gasteiger partial charge in [-0.25, -0.2) is 0 Å². The molecule has 0 saturated carbocycles. The summed E-state index contributed by atoms with van der Waals surface area (Å²) in [5.41, 5.74) is 5.92. The van der Waals surface area contributed by atoms with Gasteiger partial charge in [-0.05, 0) is 29.7 Å². The summed E-state index contributed by atoms with van der Waals surface area (Å²) >= 11 is 3.44. The first-order chi connectivity index (χ1) is 14.2. The van der Waals surface area contributed by atoms with Gasteiger partial charge in [0.05, 0.1) is 12.5 Å². The van der Waals surface area contributed by atoms with Crippen LogP contribution in [0.15, 0.2) is 64.1 Å². The molecule has 1 heterocycles. The molecule has 1 amide bonds. The first-order valence-electron chi connectivity index (χ1n) is 9.91. The lowest BCUT2D eigenvalue weighted by Crippen LogP contribution is -2.47. The topological polar surface area (TPSA) is 82.8 Å². The molecule has 0 aromatic heterocycles. The highest BCUT2D eigenvalue weighted by Crippen LogP contribution is 2.18. The third-order valence-electron chi connectivity index (χ3n) is 5.04. The van der Waals surface area contributed by atoms with Gasteiger partial charge in [-0.2, -0.15) is 0 Å². The Labute approximate surface area is 180 Å². The van der Waals surface area contributed by atoms with Crippen LogP contribution in [0.5, 0.6) is 0 Å². The number of hydrazine groups is 1. The lowest BCUT2D eigenvalue weighted by molar-refractivity contribution is -0.124. The van der Waals surface area contributed by atoms with Crippen molar-refractivity contribution < 1.29 is 4.79 Å². The molecule has 7 heteroatoms. The van der Waals surface area contributed by atoms with Crippen LogP contribution in [0, 0.1) is 5.92 Å². The Morgan fingerprint density at radius 3 is 2.62 bits per heavy atom. The predicted octanol–water partition coefficient (Wildman–Crippen LogP) is 2.49. The average molecular weight is 458 g/mol. The number of aliphatic imine (C=N–C) groups is 1. The number of nitrogens with one attached hydrogen (secondary N) is 2. The van der Waals surface area contributed by atoms with Crippen molar-refractivity contribution in [2.24, 2.45) is 16.8 Å². The molecule has 29 heavy (non-hydrogen) atoms. The average Bonchev–Trinajstić information content (AvgIpc) is 2.75. The lowest BCUT2D eigenvalue weighted by Gasteiger charge is -2.33. The minimum absolute atomic E-state index is 0.0325. The van der Waals surface area contributed by atoms with Gasteiger partial charge in [-0.1, -0.05) is 58.4 Å². The number of rotatable bonds is 8. The molecule has 0 aliphatic carbocycles. The summed E-state index contributed by atoms with van der Waals surface area (Å²) in [5, 5.41) is 3.09. The van der Waals surface area contributed by atoms with E-state index in [4.69, 9.17) is 5.84 Å². The third kappa shape index (κ3) is 6.75. The number of carbonyl (C=O) groups is 1. The summed E-state index contributed by atoms with van der Waals surface area (Å²) in [6.07, 6.45) is 0.799. The Hall–Kier alpha value is -2.06. The number of hydrogen-bond donors (Lipinski definition) is 3. The fourth-order valence-electron chi connectivity index (χ4n) is 3.49. The summed E-state index contributed by atoms with van der Waals surface area (Å²) in [7, 11) is 0. The molecule has 2 aromatic carbocycles. The number of nitrogens with two attached hydrogens (primary N) is 1. The minimum atomic E-state index is -0.235. The first-order valence-corrected chi connectivity index (χ1v) is 10.7. The van der Waals surface area contributed by atoms with Crippen molar-refractivity contribution in [3.8, 4) is 0 Å². The van der Waals surface area contributed by atoms with Crippen LogP contribution in [0.3, 0.4) is 0 Å². The van der Waals surface area contributed by atoms with Gasteiger partial charge in [0.1, 0.15) is 0 Å². The number of likely N-dealkylation sites (tertiary alicyclic amines) is 1.